The molecule has 0 amide bonds. The van der Waals surface area contributed by atoms with E-state index in [0.29, 0.717) is 17.8 Å². The third-order valence-corrected chi connectivity index (χ3v) is 5.34. The van der Waals surface area contributed by atoms with Gasteiger partial charge in [0.1, 0.15) is 5.60 Å². The molecule has 1 aliphatic rings. The van der Waals surface area contributed by atoms with Crippen molar-refractivity contribution >= 4 is 27.3 Å². The Labute approximate surface area is 194 Å². The fourth-order valence-corrected chi connectivity index (χ4v) is 3.39. The molecule has 0 spiro atoms. The van der Waals surface area contributed by atoms with Crippen LogP contribution in [0.3, 0.4) is 0 Å². The molecule has 0 unspecified atom stereocenters. The predicted molar refractivity (Wildman–Crippen MR) is 105 cm³/mol. The molecular formula is C19H26NNaO7S. The van der Waals surface area contributed by atoms with Crippen molar-refractivity contribution in [1.29, 1.82) is 0 Å². The number of hydrogen-bond donors (Lipinski definition) is 1. The smallest absolute Gasteiger partial charge is 1.00 e. The van der Waals surface area contributed by atoms with Gasteiger partial charge in [-0.15, -0.1) is 0 Å². The van der Waals surface area contributed by atoms with Crippen LogP contribution in [0, 0.1) is 0 Å². The zero-order chi connectivity index (χ0) is 21.1. The van der Waals surface area contributed by atoms with Crippen molar-refractivity contribution in [2.75, 3.05) is 12.9 Å². The molecule has 0 saturated carbocycles. The van der Waals surface area contributed by atoms with Crippen LogP contribution < -0.4 is 29.6 Å². The molecule has 1 aromatic rings. The Morgan fingerprint density at radius 2 is 1.90 bits per heavy atom. The number of sulfone groups is 1. The first kappa shape index (κ1) is 25.5. The van der Waals surface area contributed by atoms with Gasteiger partial charge in [-0.3, -0.25) is 0 Å². The predicted octanol–water partition coefficient (Wildman–Crippen LogP) is -0.0437. The number of carboxylic acid groups (broad SMARTS) is 1. The summed E-state index contributed by atoms with van der Waals surface area (Å²) in [5, 5.41) is 12.6. The van der Waals surface area contributed by atoms with E-state index in [-0.39, 0.29) is 47.9 Å². The van der Waals surface area contributed by atoms with E-state index in [9.17, 15) is 13.2 Å². The number of ether oxygens (including phenoxy) is 2. The van der Waals surface area contributed by atoms with Crippen molar-refractivity contribution < 1.29 is 63.6 Å². The van der Waals surface area contributed by atoms with Crippen molar-refractivity contribution in [3.8, 4) is 0 Å². The van der Waals surface area contributed by atoms with Gasteiger partial charge >= 0.3 is 35.5 Å². The van der Waals surface area contributed by atoms with Gasteiger partial charge in [0.2, 0.25) is 6.61 Å². The summed E-state index contributed by atoms with van der Waals surface area (Å²) in [5.74, 6) is -0.758. The molecule has 1 atom stereocenters. The van der Waals surface area contributed by atoms with Crippen LogP contribution in [0.25, 0.3) is 5.57 Å². The fraction of sp³-hybridized carbons (Fsp3) is 0.474. The second-order valence-corrected chi connectivity index (χ2v) is 8.93. The van der Waals surface area contributed by atoms with Crippen molar-refractivity contribution in [1.82, 2.24) is 0 Å². The molecule has 0 fully saturated rings. The number of rotatable bonds is 8. The summed E-state index contributed by atoms with van der Waals surface area (Å²) in [6.45, 7) is 6.86. The van der Waals surface area contributed by atoms with Crippen LogP contribution in [-0.4, -0.2) is 50.0 Å². The molecule has 1 aliphatic heterocycles. The molecule has 10 heteroatoms. The Balaban J connectivity index is 0.00000420. The van der Waals surface area contributed by atoms with Crippen molar-refractivity contribution in [2.24, 2.45) is 5.16 Å². The van der Waals surface area contributed by atoms with Crippen LogP contribution in [0.15, 0.2) is 40.1 Å². The first-order valence-corrected chi connectivity index (χ1v) is 10.7. The monoisotopic (exact) mass is 435 g/mol. The van der Waals surface area contributed by atoms with Gasteiger partial charge in [0, 0.05) is 6.26 Å². The van der Waals surface area contributed by atoms with Gasteiger partial charge in [-0.1, -0.05) is 19.1 Å². The molecule has 29 heavy (non-hydrogen) atoms. The summed E-state index contributed by atoms with van der Waals surface area (Å²) in [4.78, 5) is 15.7. The zero-order valence-corrected chi connectivity index (χ0v) is 20.4. The van der Waals surface area contributed by atoms with Gasteiger partial charge < -0.3 is 20.8 Å². The minimum absolute atomic E-state index is 0. The molecule has 0 saturated heterocycles. The van der Waals surface area contributed by atoms with Crippen molar-refractivity contribution in [2.45, 2.75) is 50.7 Å². The van der Waals surface area contributed by atoms with Gasteiger partial charge in [-0.25, -0.2) is 13.2 Å². The number of carboxylic acids is 1. The Morgan fingerprint density at radius 1 is 1.31 bits per heavy atom. The van der Waals surface area contributed by atoms with E-state index in [1.54, 1.807) is 12.1 Å². The number of aliphatic carboxylic acids is 1. The van der Waals surface area contributed by atoms with E-state index in [1.807, 2.05) is 27.7 Å². The first-order chi connectivity index (χ1) is 13.0. The van der Waals surface area contributed by atoms with Crippen LogP contribution in [0.4, 0.5) is 0 Å². The third-order valence-electron chi connectivity index (χ3n) is 4.21. The first-order valence-electron chi connectivity index (χ1n) is 8.81. The van der Waals surface area contributed by atoms with Crippen LogP contribution >= 0.6 is 0 Å². The van der Waals surface area contributed by atoms with E-state index in [2.05, 4.69) is 5.16 Å². The molecule has 156 valence electrons. The quantitative estimate of drug-likeness (QED) is 0.450. The molecule has 1 heterocycles. The molecule has 0 aliphatic carbocycles. The molecule has 0 bridgehead atoms. The minimum atomic E-state index is -3.32. The summed E-state index contributed by atoms with van der Waals surface area (Å²) < 4.78 is 35.4. The largest absolute Gasteiger partial charge is 1.00 e. The molecule has 0 radical (unpaired) electrons. The fourth-order valence-electron chi connectivity index (χ4n) is 2.76. The standard InChI is InChI=1S/C19H25NO7S.Na.H/c1-6-19(4)16(13-7-9-14(10-8-13)28(5,23)24)17(26-12(2)3)18(27-19)20-25-11-15(21)22;;/h7-10,12H,6,11H2,1-5H3,(H,21,22);;/q;+1;-1/b20-18+;;/t19-;;/m0../s1. The second kappa shape index (κ2) is 9.97. The summed E-state index contributed by atoms with van der Waals surface area (Å²) in [5.41, 5.74) is 0.611. The average molecular weight is 435 g/mol. The van der Waals surface area contributed by atoms with Crippen molar-refractivity contribution in [3.63, 3.8) is 0 Å². The normalized spacial score (nSPS) is 20.4. The van der Waals surface area contributed by atoms with E-state index in [0.717, 1.165) is 11.8 Å². The van der Waals surface area contributed by atoms with Gasteiger partial charge in [0.15, 0.2) is 15.6 Å². The van der Waals surface area contributed by atoms with Gasteiger partial charge in [0.05, 0.1) is 16.6 Å². The number of hydrogen-bond acceptors (Lipinski definition) is 7. The third kappa shape index (κ3) is 6.21. The molecule has 1 aromatic carbocycles. The Bertz CT molecular complexity index is 913. The van der Waals surface area contributed by atoms with E-state index >= 15 is 0 Å². The Morgan fingerprint density at radius 3 is 2.34 bits per heavy atom. The summed E-state index contributed by atoms with van der Waals surface area (Å²) in [6.07, 6.45) is 1.51. The molecule has 1 N–H and O–H groups in total. The summed E-state index contributed by atoms with van der Waals surface area (Å²) in [6, 6.07) is 6.43. The zero-order valence-electron chi connectivity index (χ0n) is 18.6. The Kier molecular flexibility index (Phi) is 8.76. The minimum Gasteiger partial charge on any atom is -1.00 e. The van der Waals surface area contributed by atoms with E-state index < -0.39 is 28.0 Å². The van der Waals surface area contributed by atoms with E-state index in [1.165, 1.54) is 12.1 Å². The molecular weight excluding hydrogens is 409 g/mol. The topological polar surface area (TPSA) is 111 Å². The van der Waals surface area contributed by atoms with Gasteiger partial charge in [-0.05, 0) is 50.0 Å². The van der Waals surface area contributed by atoms with Crippen LogP contribution in [0.1, 0.15) is 41.1 Å². The van der Waals surface area contributed by atoms with Crippen molar-refractivity contribution in [3.05, 3.63) is 35.6 Å². The van der Waals surface area contributed by atoms with Crippen LogP contribution in [0.2, 0.25) is 0 Å². The van der Waals surface area contributed by atoms with E-state index in [4.69, 9.17) is 19.4 Å². The summed E-state index contributed by atoms with van der Waals surface area (Å²) >= 11 is 0. The second-order valence-electron chi connectivity index (χ2n) is 6.92. The maximum absolute atomic E-state index is 11.7. The summed E-state index contributed by atoms with van der Waals surface area (Å²) in [7, 11) is -3.32. The molecule has 2 rings (SSSR count). The Hall–Kier alpha value is -1.55. The van der Waals surface area contributed by atoms with Crippen LogP contribution in [-0.2, 0) is 28.9 Å². The van der Waals surface area contributed by atoms with Crippen LogP contribution in [0.5, 0.6) is 0 Å². The van der Waals surface area contributed by atoms with Gasteiger partial charge in [0.25, 0.3) is 5.90 Å². The maximum Gasteiger partial charge on any atom is 1.00 e. The average Bonchev–Trinajstić information content (AvgIpc) is 2.86. The maximum atomic E-state index is 11.7. The number of nitrogens with zero attached hydrogens (tertiary/aromatic N) is 1. The number of carbonyl (C=O) groups is 1. The molecule has 8 nitrogen and oxygen atoms in total. The van der Waals surface area contributed by atoms with Gasteiger partial charge in [-0.2, -0.15) is 0 Å². The number of benzene rings is 1. The molecule has 0 aromatic heterocycles. The number of oxime groups is 1. The SMILES string of the molecule is CC[C@]1(C)O/C(=N/OCC(=O)O)C(OC(C)C)=C1c1ccc(S(C)(=O)=O)cc1.[H-].[Na+].